The van der Waals surface area contributed by atoms with Crippen molar-refractivity contribution >= 4 is 5.91 Å². The number of carbonyl (C=O) groups excluding carboxylic acids is 1. The van der Waals surface area contributed by atoms with Crippen LogP contribution in [0.25, 0.3) is 22.6 Å². The molecule has 1 amide bonds. The largest absolute Gasteiger partial charge is 0.440 e. The molecule has 0 N–H and O–H groups in total. The van der Waals surface area contributed by atoms with Crippen LogP contribution in [0, 0.1) is 0 Å². The lowest BCUT2D eigenvalue weighted by molar-refractivity contribution is -0.134. The monoisotopic (exact) mass is 332 g/mol. The van der Waals surface area contributed by atoms with Crippen molar-refractivity contribution in [3.8, 4) is 22.6 Å². The number of nitrogens with zero attached hydrogens (tertiary/aromatic N) is 2. The Hall–Kier alpha value is -2.88. The summed E-state index contributed by atoms with van der Waals surface area (Å²) in [6.07, 6.45) is 2.09. The zero-order valence-electron chi connectivity index (χ0n) is 14.0. The van der Waals surface area contributed by atoms with Crippen molar-refractivity contribution < 1.29 is 9.21 Å². The second-order valence-electron chi connectivity index (χ2n) is 6.25. The van der Waals surface area contributed by atoms with Gasteiger partial charge in [-0.1, -0.05) is 60.7 Å². The molecule has 3 aromatic rings. The Labute approximate surface area is 147 Å². The van der Waals surface area contributed by atoms with Crippen LogP contribution in [0.2, 0.25) is 0 Å². The standard InChI is InChI=1S/C21H20N2O2/c24-19(23-14-7-15-23)13-12-18-22-20(16-8-3-1-4-9-16)21(25-18)17-10-5-2-6-11-17/h1-6,8-11H,7,12-15H2. The smallest absolute Gasteiger partial charge is 0.223 e. The molecule has 0 bridgehead atoms. The van der Waals surface area contributed by atoms with Gasteiger partial charge in [0.25, 0.3) is 0 Å². The predicted molar refractivity (Wildman–Crippen MR) is 96.9 cm³/mol. The van der Waals surface area contributed by atoms with Gasteiger partial charge in [-0.2, -0.15) is 0 Å². The highest BCUT2D eigenvalue weighted by molar-refractivity contribution is 5.78. The van der Waals surface area contributed by atoms with Crippen molar-refractivity contribution in [1.29, 1.82) is 0 Å². The first kappa shape index (κ1) is 15.6. The molecule has 0 spiro atoms. The maximum absolute atomic E-state index is 12.1. The molecule has 126 valence electrons. The molecule has 1 aromatic heterocycles. The van der Waals surface area contributed by atoms with Crippen LogP contribution in [0.5, 0.6) is 0 Å². The summed E-state index contributed by atoms with van der Waals surface area (Å²) < 4.78 is 6.06. The summed E-state index contributed by atoms with van der Waals surface area (Å²) in [4.78, 5) is 18.7. The maximum atomic E-state index is 12.1. The van der Waals surface area contributed by atoms with Crippen molar-refractivity contribution in [2.75, 3.05) is 13.1 Å². The number of benzene rings is 2. The normalized spacial score (nSPS) is 13.5. The van der Waals surface area contributed by atoms with E-state index >= 15 is 0 Å². The molecule has 2 aromatic carbocycles. The summed E-state index contributed by atoms with van der Waals surface area (Å²) in [7, 11) is 0. The Balaban J connectivity index is 1.62. The number of hydrogen-bond acceptors (Lipinski definition) is 3. The molecule has 4 nitrogen and oxygen atoms in total. The molecule has 0 unspecified atom stereocenters. The van der Waals surface area contributed by atoms with Crippen molar-refractivity contribution in [2.45, 2.75) is 19.3 Å². The Morgan fingerprint density at radius 1 is 0.960 bits per heavy atom. The number of aromatic nitrogens is 1. The minimum absolute atomic E-state index is 0.187. The number of hydrogen-bond donors (Lipinski definition) is 0. The van der Waals surface area contributed by atoms with E-state index in [1.807, 2.05) is 65.6 Å². The summed E-state index contributed by atoms with van der Waals surface area (Å²) in [6, 6.07) is 20.0. The average Bonchev–Trinajstić information content (AvgIpc) is 3.04. The zero-order valence-corrected chi connectivity index (χ0v) is 14.0. The lowest BCUT2D eigenvalue weighted by Crippen LogP contribution is -2.42. The zero-order chi connectivity index (χ0) is 17.1. The lowest BCUT2D eigenvalue weighted by Gasteiger charge is -2.30. The van der Waals surface area contributed by atoms with Gasteiger partial charge in [-0.25, -0.2) is 4.98 Å². The van der Waals surface area contributed by atoms with Crippen LogP contribution in [-0.2, 0) is 11.2 Å². The van der Waals surface area contributed by atoms with E-state index in [0.29, 0.717) is 18.7 Å². The summed E-state index contributed by atoms with van der Waals surface area (Å²) in [6.45, 7) is 1.77. The fourth-order valence-corrected chi connectivity index (χ4v) is 2.99. The maximum Gasteiger partial charge on any atom is 0.223 e. The first-order chi connectivity index (χ1) is 12.3. The van der Waals surface area contributed by atoms with Crippen LogP contribution >= 0.6 is 0 Å². The molecule has 1 aliphatic heterocycles. The van der Waals surface area contributed by atoms with Gasteiger partial charge in [0.2, 0.25) is 5.91 Å². The molecule has 0 saturated carbocycles. The number of aryl methyl sites for hydroxylation is 1. The van der Waals surface area contributed by atoms with Gasteiger partial charge in [-0.15, -0.1) is 0 Å². The minimum atomic E-state index is 0.187. The molecule has 0 atom stereocenters. The molecule has 1 aliphatic rings. The highest BCUT2D eigenvalue weighted by atomic mass is 16.4. The van der Waals surface area contributed by atoms with E-state index in [1.165, 1.54) is 0 Å². The fraction of sp³-hybridized carbons (Fsp3) is 0.238. The van der Waals surface area contributed by atoms with E-state index in [4.69, 9.17) is 9.40 Å². The van der Waals surface area contributed by atoms with Crippen molar-refractivity contribution in [2.24, 2.45) is 0 Å². The van der Waals surface area contributed by atoms with Crippen molar-refractivity contribution in [3.05, 3.63) is 66.6 Å². The van der Waals surface area contributed by atoms with Gasteiger partial charge in [0.1, 0.15) is 5.69 Å². The summed E-state index contributed by atoms with van der Waals surface area (Å²) in [5, 5.41) is 0. The molecule has 4 heteroatoms. The van der Waals surface area contributed by atoms with Gasteiger partial charge in [-0.05, 0) is 6.42 Å². The quantitative estimate of drug-likeness (QED) is 0.704. The van der Waals surface area contributed by atoms with Crippen LogP contribution in [-0.4, -0.2) is 28.9 Å². The van der Waals surface area contributed by atoms with Crippen LogP contribution in [0.4, 0.5) is 0 Å². The molecular weight excluding hydrogens is 312 g/mol. The first-order valence-electron chi connectivity index (χ1n) is 8.69. The topological polar surface area (TPSA) is 46.3 Å². The van der Waals surface area contributed by atoms with Crippen LogP contribution in [0.15, 0.2) is 65.1 Å². The average molecular weight is 332 g/mol. The SMILES string of the molecule is O=C(CCc1nc(-c2ccccc2)c(-c2ccccc2)o1)N1CCC1. The molecular formula is C21H20N2O2. The van der Waals surface area contributed by atoms with Gasteiger partial charge in [-0.3, -0.25) is 4.79 Å². The molecule has 1 saturated heterocycles. The Kier molecular flexibility index (Phi) is 4.34. The minimum Gasteiger partial charge on any atom is -0.440 e. The number of carbonyl (C=O) groups is 1. The van der Waals surface area contributed by atoms with Crippen LogP contribution in [0.3, 0.4) is 0 Å². The van der Waals surface area contributed by atoms with Gasteiger partial charge >= 0.3 is 0 Å². The highest BCUT2D eigenvalue weighted by Gasteiger charge is 2.22. The molecule has 2 heterocycles. The van der Waals surface area contributed by atoms with Gasteiger partial charge in [0.15, 0.2) is 11.7 Å². The molecule has 0 radical (unpaired) electrons. The number of likely N-dealkylation sites (tertiary alicyclic amines) is 1. The predicted octanol–water partition coefficient (Wildman–Crippen LogP) is 4.17. The summed E-state index contributed by atoms with van der Waals surface area (Å²) in [5.74, 6) is 1.57. The second-order valence-corrected chi connectivity index (χ2v) is 6.25. The third kappa shape index (κ3) is 3.33. The number of oxazole rings is 1. The third-order valence-corrected chi connectivity index (χ3v) is 4.52. The molecule has 0 aliphatic carbocycles. The molecule has 1 fully saturated rings. The Morgan fingerprint density at radius 2 is 1.60 bits per heavy atom. The van der Waals surface area contributed by atoms with E-state index < -0.39 is 0 Å². The number of amides is 1. The molecule has 25 heavy (non-hydrogen) atoms. The van der Waals surface area contributed by atoms with E-state index in [9.17, 15) is 4.79 Å². The second kappa shape index (κ2) is 6.93. The van der Waals surface area contributed by atoms with E-state index in [1.54, 1.807) is 0 Å². The number of rotatable bonds is 5. The van der Waals surface area contributed by atoms with E-state index in [2.05, 4.69) is 0 Å². The van der Waals surface area contributed by atoms with E-state index in [-0.39, 0.29) is 5.91 Å². The summed E-state index contributed by atoms with van der Waals surface area (Å²) >= 11 is 0. The highest BCUT2D eigenvalue weighted by Crippen LogP contribution is 2.32. The van der Waals surface area contributed by atoms with Gasteiger partial charge in [0, 0.05) is 37.1 Å². The van der Waals surface area contributed by atoms with Crippen molar-refractivity contribution in [1.82, 2.24) is 9.88 Å². The third-order valence-electron chi connectivity index (χ3n) is 4.52. The Bertz CT molecular complexity index is 795. The lowest BCUT2D eigenvalue weighted by atomic mass is 10.1. The van der Waals surface area contributed by atoms with Gasteiger partial charge in [0.05, 0.1) is 0 Å². The van der Waals surface area contributed by atoms with E-state index in [0.717, 1.165) is 42.1 Å². The van der Waals surface area contributed by atoms with Crippen LogP contribution < -0.4 is 0 Å². The molecule has 4 rings (SSSR count). The van der Waals surface area contributed by atoms with Crippen molar-refractivity contribution in [3.63, 3.8) is 0 Å². The first-order valence-corrected chi connectivity index (χ1v) is 8.69. The fourth-order valence-electron chi connectivity index (χ4n) is 2.99. The Morgan fingerprint density at radius 3 is 2.20 bits per heavy atom. The summed E-state index contributed by atoms with van der Waals surface area (Å²) in [5.41, 5.74) is 2.85. The van der Waals surface area contributed by atoms with Gasteiger partial charge < -0.3 is 9.32 Å². The van der Waals surface area contributed by atoms with Crippen LogP contribution in [0.1, 0.15) is 18.7 Å².